The highest BCUT2D eigenvalue weighted by molar-refractivity contribution is 6.31. The van der Waals surface area contributed by atoms with Crippen LogP contribution in [0.3, 0.4) is 0 Å². The predicted octanol–water partition coefficient (Wildman–Crippen LogP) is 0.898. The number of methoxy groups -OCH3 is 1. The number of benzene rings is 1. The van der Waals surface area contributed by atoms with E-state index in [0.29, 0.717) is 30.3 Å². The Morgan fingerprint density at radius 2 is 2.28 bits per heavy atom. The van der Waals surface area contributed by atoms with E-state index in [1.807, 2.05) is 0 Å². The highest BCUT2D eigenvalue weighted by atomic mass is 35.5. The molecule has 0 spiro atoms. The van der Waals surface area contributed by atoms with Gasteiger partial charge in [0.1, 0.15) is 5.75 Å². The molecule has 0 atom stereocenters. The second-order valence-corrected chi connectivity index (χ2v) is 4.09. The van der Waals surface area contributed by atoms with Gasteiger partial charge in [-0.25, -0.2) is 0 Å². The first-order chi connectivity index (χ1) is 8.65. The molecule has 18 heavy (non-hydrogen) atoms. The molecule has 0 aromatic heterocycles. The third-order valence-electron chi connectivity index (χ3n) is 2.31. The molecular formula is C12H17ClN2O3. The Morgan fingerprint density at radius 1 is 1.50 bits per heavy atom. The van der Waals surface area contributed by atoms with E-state index < -0.39 is 0 Å². The molecule has 0 bridgehead atoms. The van der Waals surface area contributed by atoms with Gasteiger partial charge in [0.25, 0.3) is 0 Å². The smallest absolute Gasteiger partial charge is 0.234 e. The summed E-state index contributed by atoms with van der Waals surface area (Å²) in [5.41, 5.74) is 0.587. The Balaban J connectivity index is 2.31. The maximum Gasteiger partial charge on any atom is 0.234 e. The molecule has 0 fully saturated rings. The number of rotatable bonds is 7. The zero-order valence-corrected chi connectivity index (χ0v) is 11.0. The van der Waals surface area contributed by atoms with Gasteiger partial charge in [-0.1, -0.05) is 17.7 Å². The Kier molecular flexibility index (Phi) is 6.49. The van der Waals surface area contributed by atoms with Gasteiger partial charge in [0.15, 0.2) is 0 Å². The van der Waals surface area contributed by atoms with Gasteiger partial charge in [0.05, 0.1) is 13.2 Å². The second kappa shape index (κ2) is 7.92. The van der Waals surface area contributed by atoms with Crippen LogP contribution >= 0.6 is 11.6 Å². The van der Waals surface area contributed by atoms with Crippen molar-refractivity contribution in [3.63, 3.8) is 0 Å². The van der Waals surface area contributed by atoms with Crippen LogP contribution in [0.5, 0.6) is 5.75 Å². The summed E-state index contributed by atoms with van der Waals surface area (Å²) in [5, 5.41) is 15.7. The molecule has 1 amide bonds. The van der Waals surface area contributed by atoms with Crippen LogP contribution in [0.1, 0.15) is 5.56 Å². The lowest BCUT2D eigenvalue weighted by atomic mass is 10.2. The quantitative estimate of drug-likeness (QED) is 0.645. The number of halogens is 1. The number of nitrogens with one attached hydrogen (secondary N) is 2. The van der Waals surface area contributed by atoms with E-state index in [-0.39, 0.29) is 18.2 Å². The zero-order chi connectivity index (χ0) is 13.4. The Labute approximate surface area is 111 Å². The Bertz CT molecular complexity index is 379. The SMILES string of the molecule is COCCNC(=O)CNCc1c(O)cccc1Cl. The molecule has 0 saturated heterocycles. The molecule has 1 rings (SSSR count). The Morgan fingerprint density at radius 3 is 2.94 bits per heavy atom. The largest absolute Gasteiger partial charge is 0.508 e. The lowest BCUT2D eigenvalue weighted by Gasteiger charge is -2.09. The minimum absolute atomic E-state index is 0.120. The molecule has 5 nitrogen and oxygen atoms in total. The summed E-state index contributed by atoms with van der Waals surface area (Å²) >= 11 is 5.93. The molecule has 0 radical (unpaired) electrons. The third-order valence-corrected chi connectivity index (χ3v) is 2.66. The zero-order valence-electron chi connectivity index (χ0n) is 10.2. The summed E-state index contributed by atoms with van der Waals surface area (Å²) in [7, 11) is 1.57. The van der Waals surface area contributed by atoms with Crippen molar-refractivity contribution in [1.29, 1.82) is 0 Å². The standard InChI is InChI=1S/C12H17ClN2O3/c1-18-6-5-15-12(17)8-14-7-9-10(13)3-2-4-11(9)16/h2-4,14,16H,5-8H2,1H3,(H,15,17). The fourth-order valence-electron chi connectivity index (χ4n) is 1.38. The Hall–Kier alpha value is -1.30. The van der Waals surface area contributed by atoms with Gasteiger partial charge < -0.3 is 20.5 Å². The van der Waals surface area contributed by atoms with Crippen LogP contribution in [0, 0.1) is 0 Å². The molecular weight excluding hydrogens is 256 g/mol. The van der Waals surface area contributed by atoms with Gasteiger partial charge in [0.2, 0.25) is 5.91 Å². The first-order valence-electron chi connectivity index (χ1n) is 5.58. The number of hydrogen-bond acceptors (Lipinski definition) is 4. The molecule has 0 heterocycles. The van der Waals surface area contributed by atoms with E-state index in [1.54, 1.807) is 25.3 Å². The highest BCUT2D eigenvalue weighted by Crippen LogP contribution is 2.24. The van der Waals surface area contributed by atoms with Crippen molar-refractivity contribution in [3.05, 3.63) is 28.8 Å². The number of carbonyl (C=O) groups excluding carboxylic acids is 1. The molecule has 0 aliphatic heterocycles. The summed E-state index contributed by atoms with van der Waals surface area (Å²) < 4.78 is 4.81. The molecule has 0 saturated carbocycles. The molecule has 100 valence electrons. The fraction of sp³-hybridized carbons (Fsp3) is 0.417. The van der Waals surface area contributed by atoms with Crippen LogP contribution in [0.2, 0.25) is 5.02 Å². The van der Waals surface area contributed by atoms with Crippen LogP contribution in [0.25, 0.3) is 0 Å². The lowest BCUT2D eigenvalue weighted by molar-refractivity contribution is -0.120. The van der Waals surface area contributed by atoms with Crippen molar-refractivity contribution in [2.45, 2.75) is 6.54 Å². The van der Waals surface area contributed by atoms with Crippen LogP contribution < -0.4 is 10.6 Å². The molecule has 0 aliphatic rings. The lowest BCUT2D eigenvalue weighted by Crippen LogP contribution is -2.35. The number of hydrogen-bond donors (Lipinski definition) is 3. The monoisotopic (exact) mass is 272 g/mol. The van der Waals surface area contributed by atoms with Crippen molar-refractivity contribution in [1.82, 2.24) is 10.6 Å². The number of phenolic OH excluding ortho intramolecular Hbond substituents is 1. The third kappa shape index (κ3) is 4.91. The van der Waals surface area contributed by atoms with E-state index in [9.17, 15) is 9.90 Å². The number of phenols is 1. The van der Waals surface area contributed by atoms with E-state index in [0.717, 1.165) is 0 Å². The van der Waals surface area contributed by atoms with Gasteiger partial charge in [-0.2, -0.15) is 0 Å². The number of amides is 1. The minimum atomic E-state index is -0.126. The fourth-order valence-corrected chi connectivity index (χ4v) is 1.61. The molecule has 0 unspecified atom stereocenters. The average molecular weight is 273 g/mol. The molecule has 1 aromatic rings. The van der Waals surface area contributed by atoms with Crippen LogP contribution in [0.15, 0.2) is 18.2 Å². The highest BCUT2D eigenvalue weighted by Gasteiger charge is 2.06. The van der Waals surface area contributed by atoms with Crippen molar-refractivity contribution in [2.24, 2.45) is 0 Å². The normalized spacial score (nSPS) is 10.3. The topological polar surface area (TPSA) is 70.6 Å². The van der Waals surface area contributed by atoms with Gasteiger partial charge in [-0.05, 0) is 12.1 Å². The minimum Gasteiger partial charge on any atom is -0.508 e. The van der Waals surface area contributed by atoms with Crippen LogP contribution in [-0.2, 0) is 16.1 Å². The van der Waals surface area contributed by atoms with E-state index in [1.165, 1.54) is 0 Å². The summed E-state index contributed by atoms with van der Waals surface area (Å²) in [6.07, 6.45) is 0. The van der Waals surface area contributed by atoms with Gasteiger partial charge in [0, 0.05) is 30.8 Å². The molecule has 3 N–H and O–H groups in total. The van der Waals surface area contributed by atoms with Crippen molar-refractivity contribution < 1.29 is 14.6 Å². The number of aromatic hydroxyl groups is 1. The van der Waals surface area contributed by atoms with Gasteiger partial charge in [-0.15, -0.1) is 0 Å². The van der Waals surface area contributed by atoms with Crippen molar-refractivity contribution in [3.8, 4) is 5.75 Å². The van der Waals surface area contributed by atoms with Crippen LogP contribution in [0.4, 0.5) is 0 Å². The summed E-state index contributed by atoms with van der Waals surface area (Å²) in [5.74, 6) is -0.00613. The first kappa shape index (κ1) is 14.8. The van der Waals surface area contributed by atoms with Gasteiger partial charge in [-0.3, -0.25) is 4.79 Å². The van der Waals surface area contributed by atoms with Gasteiger partial charge >= 0.3 is 0 Å². The molecule has 1 aromatic carbocycles. The number of carbonyl (C=O) groups is 1. The molecule has 0 aliphatic carbocycles. The van der Waals surface area contributed by atoms with Crippen molar-refractivity contribution >= 4 is 17.5 Å². The number of ether oxygens (including phenoxy) is 1. The van der Waals surface area contributed by atoms with Crippen molar-refractivity contribution in [2.75, 3.05) is 26.8 Å². The van der Waals surface area contributed by atoms with Crippen LogP contribution in [-0.4, -0.2) is 37.8 Å². The predicted molar refractivity (Wildman–Crippen MR) is 69.7 cm³/mol. The van der Waals surface area contributed by atoms with E-state index >= 15 is 0 Å². The molecule has 6 heteroatoms. The van der Waals surface area contributed by atoms with E-state index in [4.69, 9.17) is 16.3 Å². The van der Waals surface area contributed by atoms with E-state index in [2.05, 4.69) is 10.6 Å². The maximum absolute atomic E-state index is 11.4. The summed E-state index contributed by atoms with van der Waals surface area (Å²) in [4.78, 5) is 11.4. The summed E-state index contributed by atoms with van der Waals surface area (Å²) in [6, 6.07) is 4.91. The second-order valence-electron chi connectivity index (χ2n) is 3.68. The maximum atomic E-state index is 11.4. The average Bonchev–Trinajstić information content (AvgIpc) is 2.33. The summed E-state index contributed by atoms with van der Waals surface area (Å²) in [6.45, 7) is 1.46. The first-order valence-corrected chi connectivity index (χ1v) is 5.95.